The van der Waals surface area contributed by atoms with Crippen LogP contribution < -0.4 is 5.32 Å². The molecular weight excluding hydrogens is 316 g/mol. The van der Waals surface area contributed by atoms with Gasteiger partial charge in [-0.05, 0) is 25.0 Å². The van der Waals surface area contributed by atoms with Crippen LogP contribution in [0.3, 0.4) is 0 Å². The summed E-state index contributed by atoms with van der Waals surface area (Å²) in [6.07, 6.45) is 0. The number of carbonyl (C=O) groups excluding carboxylic acids is 1. The van der Waals surface area contributed by atoms with Crippen molar-refractivity contribution < 1.29 is 4.79 Å². The van der Waals surface area contributed by atoms with Crippen molar-refractivity contribution in [1.82, 2.24) is 5.32 Å². The number of hydrogen-bond acceptors (Lipinski definition) is 4. The van der Waals surface area contributed by atoms with E-state index in [2.05, 4.69) is 11.4 Å². The predicted molar refractivity (Wildman–Crippen MR) is 97.9 cm³/mol. The van der Waals surface area contributed by atoms with Crippen LogP contribution in [0.5, 0.6) is 0 Å². The van der Waals surface area contributed by atoms with E-state index in [-0.39, 0.29) is 11.4 Å². The molecule has 2 aromatic carbocycles. The lowest BCUT2D eigenvalue weighted by Crippen LogP contribution is -2.12. The molecule has 3 rings (SSSR count). The van der Waals surface area contributed by atoms with Gasteiger partial charge in [0, 0.05) is 10.5 Å². The van der Waals surface area contributed by atoms with E-state index in [9.17, 15) is 10.1 Å². The standard InChI is InChI=1S/C20H16N2OS/c1-13-8-6-7-11-16(13)19(23)17(12-21)20-22-18(14(2)24-20)15-9-4-3-5-10-15/h3-11,22H,1-2H3/b20-17+. The summed E-state index contributed by atoms with van der Waals surface area (Å²) in [6.45, 7) is 3.86. The number of rotatable bonds is 3. The van der Waals surface area contributed by atoms with Crippen LogP contribution in [-0.2, 0) is 0 Å². The summed E-state index contributed by atoms with van der Waals surface area (Å²) in [5, 5.41) is 13.4. The quantitative estimate of drug-likeness (QED) is 0.505. The van der Waals surface area contributed by atoms with Gasteiger partial charge in [-0.1, -0.05) is 66.4 Å². The van der Waals surface area contributed by atoms with E-state index in [4.69, 9.17) is 0 Å². The molecule has 3 nitrogen and oxygen atoms in total. The molecule has 0 atom stereocenters. The highest BCUT2D eigenvalue weighted by molar-refractivity contribution is 8.07. The number of nitrogens with one attached hydrogen (secondary N) is 1. The Balaban J connectivity index is 1.97. The Morgan fingerprint density at radius 3 is 2.38 bits per heavy atom. The molecule has 1 heterocycles. The zero-order chi connectivity index (χ0) is 17.1. The molecule has 0 saturated heterocycles. The third-order valence-electron chi connectivity index (χ3n) is 3.86. The molecule has 118 valence electrons. The summed E-state index contributed by atoms with van der Waals surface area (Å²) >= 11 is 1.43. The van der Waals surface area contributed by atoms with E-state index < -0.39 is 0 Å². The van der Waals surface area contributed by atoms with Gasteiger partial charge in [0.25, 0.3) is 0 Å². The minimum Gasteiger partial charge on any atom is -0.348 e. The number of Topliss-reactive ketones (excluding diaryl/α,β-unsaturated/α-hetero) is 1. The highest BCUT2D eigenvalue weighted by Crippen LogP contribution is 2.39. The molecule has 0 saturated carbocycles. The smallest absolute Gasteiger partial charge is 0.206 e. The maximum atomic E-state index is 12.8. The van der Waals surface area contributed by atoms with Gasteiger partial charge in [-0.25, -0.2) is 0 Å². The second kappa shape index (κ2) is 6.77. The van der Waals surface area contributed by atoms with E-state index >= 15 is 0 Å². The lowest BCUT2D eigenvalue weighted by molar-refractivity contribution is 0.103. The molecule has 0 amide bonds. The van der Waals surface area contributed by atoms with Crippen molar-refractivity contribution in [2.75, 3.05) is 0 Å². The second-order valence-corrected chi connectivity index (χ2v) is 6.71. The van der Waals surface area contributed by atoms with Crippen molar-refractivity contribution in [3.63, 3.8) is 0 Å². The van der Waals surface area contributed by atoms with Crippen LogP contribution in [0.2, 0.25) is 0 Å². The summed E-state index contributed by atoms with van der Waals surface area (Å²) in [5.41, 5.74) is 3.57. The van der Waals surface area contributed by atoms with Gasteiger partial charge in [-0.2, -0.15) is 5.26 Å². The third kappa shape index (κ3) is 2.99. The van der Waals surface area contributed by atoms with E-state index in [1.165, 1.54) is 11.8 Å². The van der Waals surface area contributed by atoms with E-state index in [1.54, 1.807) is 6.07 Å². The van der Waals surface area contributed by atoms with Crippen LogP contribution in [0.4, 0.5) is 0 Å². The molecule has 2 aromatic rings. The summed E-state index contributed by atoms with van der Waals surface area (Å²) in [6, 6.07) is 19.3. The molecule has 1 aliphatic heterocycles. The normalized spacial score (nSPS) is 15.7. The fraction of sp³-hybridized carbons (Fsp3) is 0.100. The van der Waals surface area contributed by atoms with Crippen molar-refractivity contribution >= 4 is 23.2 Å². The first-order chi connectivity index (χ1) is 11.6. The van der Waals surface area contributed by atoms with E-state index in [1.807, 2.05) is 62.4 Å². The predicted octanol–water partition coefficient (Wildman–Crippen LogP) is 4.64. The molecule has 1 aliphatic rings. The lowest BCUT2D eigenvalue weighted by Gasteiger charge is -2.08. The number of ketones is 1. The molecule has 1 N–H and O–H groups in total. The Kier molecular flexibility index (Phi) is 4.54. The van der Waals surface area contributed by atoms with Crippen LogP contribution in [0, 0.1) is 18.3 Å². The van der Waals surface area contributed by atoms with Crippen LogP contribution in [0.15, 0.2) is 70.1 Å². The minimum absolute atomic E-state index is 0.152. The third-order valence-corrected chi connectivity index (χ3v) is 4.88. The molecule has 24 heavy (non-hydrogen) atoms. The van der Waals surface area contributed by atoms with Crippen LogP contribution in [0.1, 0.15) is 28.4 Å². The highest BCUT2D eigenvalue weighted by Gasteiger charge is 2.25. The number of benzene rings is 2. The van der Waals surface area contributed by atoms with E-state index in [0.717, 1.165) is 21.7 Å². The van der Waals surface area contributed by atoms with Gasteiger partial charge in [0.1, 0.15) is 11.6 Å². The maximum Gasteiger partial charge on any atom is 0.206 e. The average molecular weight is 332 g/mol. The SMILES string of the molecule is CC1=C(c2ccccc2)N/C(=C(/C#N)C(=O)c2ccccc2C)S1. The largest absolute Gasteiger partial charge is 0.348 e. The van der Waals surface area contributed by atoms with Gasteiger partial charge in [0.15, 0.2) is 0 Å². The van der Waals surface area contributed by atoms with Crippen molar-refractivity contribution in [2.45, 2.75) is 13.8 Å². The summed E-state index contributed by atoms with van der Waals surface area (Å²) in [4.78, 5) is 13.8. The highest BCUT2D eigenvalue weighted by atomic mass is 32.2. The van der Waals surface area contributed by atoms with Gasteiger partial charge < -0.3 is 5.32 Å². The van der Waals surface area contributed by atoms with Gasteiger partial charge in [0.05, 0.1) is 10.7 Å². The molecule has 0 spiro atoms. The van der Waals surface area contributed by atoms with Crippen molar-refractivity contribution in [3.8, 4) is 6.07 Å². The summed E-state index contributed by atoms with van der Waals surface area (Å²) in [5.74, 6) is -0.243. The lowest BCUT2D eigenvalue weighted by atomic mass is 10.0. The first-order valence-electron chi connectivity index (χ1n) is 7.57. The molecule has 0 aliphatic carbocycles. The van der Waals surface area contributed by atoms with Crippen molar-refractivity contribution in [1.29, 1.82) is 5.26 Å². The Hall–Kier alpha value is -2.77. The number of hydrogen-bond donors (Lipinski definition) is 1. The maximum absolute atomic E-state index is 12.8. The number of allylic oxidation sites excluding steroid dienone is 2. The number of aryl methyl sites for hydroxylation is 1. The van der Waals surface area contributed by atoms with Crippen LogP contribution in [0.25, 0.3) is 5.70 Å². The molecule has 0 unspecified atom stereocenters. The molecular formula is C20H16N2OS. The topological polar surface area (TPSA) is 52.9 Å². The van der Waals surface area contributed by atoms with Crippen LogP contribution in [-0.4, -0.2) is 5.78 Å². The van der Waals surface area contributed by atoms with Gasteiger partial charge >= 0.3 is 0 Å². The summed E-state index contributed by atoms with van der Waals surface area (Å²) in [7, 11) is 0. The zero-order valence-electron chi connectivity index (χ0n) is 13.5. The number of nitrogens with zero attached hydrogens (tertiary/aromatic N) is 1. The Morgan fingerprint density at radius 1 is 1.04 bits per heavy atom. The monoisotopic (exact) mass is 332 g/mol. The zero-order valence-corrected chi connectivity index (χ0v) is 14.3. The molecule has 0 bridgehead atoms. The Labute approximate surface area is 145 Å². The van der Waals surface area contributed by atoms with Crippen molar-refractivity contribution in [2.24, 2.45) is 0 Å². The summed E-state index contributed by atoms with van der Waals surface area (Å²) < 4.78 is 0. The molecule has 0 aromatic heterocycles. The van der Waals surface area contributed by atoms with Crippen LogP contribution >= 0.6 is 11.8 Å². The first-order valence-corrected chi connectivity index (χ1v) is 8.39. The number of thioether (sulfide) groups is 1. The van der Waals surface area contributed by atoms with Gasteiger partial charge in [0.2, 0.25) is 5.78 Å². The fourth-order valence-electron chi connectivity index (χ4n) is 2.59. The van der Waals surface area contributed by atoms with Gasteiger partial charge in [-0.3, -0.25) is 4.79 Å². The average Bonchev–Trinajstić information content (AvgIpc) is 2.98. The molecule has 0 radical (unpaired) electrons. The molecule has 0 fully saturated rings. The second-order valence-electron chi connectivity index (χ2n) is 5.48. The minimum atomic E-state index is -0.243. The van der Waals surface area contributed by atoms with E-state index in [0.29, 0.717) is 10.6 Å². The fourth-order valence-corrected chi connectivity index (χ4v) is 3.56. The van der Waals surface area contributed by atoms with Crippen molar-refractivity contribution in [3.05, 3.63) is 86.8 Å². The number of nitriles is 1. The molecule has 4 heteroatoms. The number of carbonyl (C=O) groups is 1. The Bertz CT molecular complexity index is 905. The van der Waals surface area contributed by atoms with Gasteiger partial charge in [-0.15, -0.1) is 0 Å². The Morgan fingerprint density at radius 2 is 1.71 bits per heavy atom. The first kappa shape index (κ1) is 16.1.